The van der Waals surface area contributed by atoms with Gasteiger partial charge in [0.1, 0.15) is 5.75 Å². The van der Waals surface area contributed by atoms with Crippen molar-refractivity contribution in [3.63, 3.8) is 0 Å². The van der Waals surface area contributed by atoms with Gasteiger partial charge in [0, 0.05) is 19.0 Å². The fourth-order valence-corrected chi connectivity index (χ4v) is 3.54. The molecule has 0 saturated heterocycles. The number of allylic oxidation sites excluding steroid dienone is 1. The number of benzene rings is 1. The summed E-state index contributed by atoms with van der Waals surface area (Å²) in [4.78, 5) is 2.29. The molecule has 1 aliphatic heterocycles. The predicted molar refractivity (Wildman–Crippen MR) is 94.3 cm³/mol. The van der Waals surface area contributed by atoms with Crippen LogP contribution in [0.15, 0.2) is 36.5 Å². The van der Waals surface area contributed by atoms with Gasteiger partial charge in [-0.1, -0.05) is 44.9 Å². The fourth-order valence-electron chi connectivity index (χ4n) is 3.54. The minimum Gasteiger partial charge on any atom is -0.491 e. The molecule has 0 bridgehead atoms. The normalized spacial score (nSPS) is 24.8. The minimum absolute atomic E-state index is 0.138. The molecule has 22 heavy (non-hydrogen) atoms. The second-order valence-corrected chi connectivity index (χ2v) is 6.99. The molecule has 0 saturated carbocycles. The third-order valence-corrected chi connectivity index (χ3v) is 4.75. The van der Waals surface area contributed by atoms with Gasteiger partial charge in [0.2, 0.25) is 0 Å². The predicted octanol–water partition coefficient (Wildman–Crippen LogP) is 5.00. The van der Waals surface area contributed by atoms with Gasteiger partial charge in [0.05, 0.1) is 6.10 Å². The van der Waals surface area contributed by atoms with Crippen molar-refractivity contribution in [2.24, 2.45) is 5.92 Å². The topological polar surface area (TPSA) is 12.5 Å². The smallest absolute Gasteiger partial charge is 0.119 e. The number of ether oxygens (including phenoxy) is 1. The molecule has 2 heteroatoms. The molecule has 122 valence electrons. The van der Waals surface area contributed by atoms with Crippen molar-refractivity contribution in [2.75, 3.05) is 13.6 Å². The molecule has 0 spiro atoms. The molecule has 1 aromatic carbocycles. The van der Waals surface area contributed by atoms with Crippen LogP contribution in [0.2, 0.25) is 0 Å². The lowest BCUT2D eigenvalue weighted by atomic mass is 9.66. The highest BCUT2D eigenvalue weighted by Gasteiger charge is 2.37. The van der Waals surface area contributed by atoms with E-state index in [9.17, 15) is 0 Å². The molecule has 0 aromatic heterocycles. The summed E-state index contributed by atoms with van der Waals surface area (Å²) >= 11 is 0. The van der Waals surface area contributed by atoms with E-state index in [1.807, 2.05) is 0 Å². The van der Waals surface area contributed by atoms with Crippen LogP contribution >= 0.6 is 0 Å². The zero-order valence-corrected chi connectivity index (χ0v) is 14.8. The van der Waals surface area contributed by atoms with Crippen LogP contribution in [0.25, 0.3) is 0 Å². The Kier molecular flexibility index (Phi) is 5.55. The van der Waals surface area contributed by atoms with Crippen LogP contribution in [0.3, 0.4) is 0 Å². The van der Waals surface area contributed by atoms with Crippen molar-refractivity contribution < 1.29 is 4.74 Å². The number of hydrogen-bond donors (Lipinski definition) is 0. The number of unbranched alkanes of at least 4 members (excludes halogenated alkanes) is 1. The zero-order valence-electron chi connectivity index (χ0n) is 14.8. The van der Waals surface area contributed by atoms with Crippen LogP contribution in [-0.2, 0) is 5.41 Å². The van der Waals surface area contributed by atoms with Crippen LogP contribution in [0.4, 0.5) is 0 Å². The summed E-state index contributed by atoms with van der Waals surface area (Å²) in [6.45, 7) is 9.92. The maximum absolute atomic E-state index is 5.92. The zero-order chi connectivity index (χ0) is 16.2. The third-order valence-electron chi connectivity index (χ3n) is 4.75. The summed E-state index contributed by atoms with van der Waals surface area (Å²) < 4.78 is 5.92. The van der Waals surface area contributed by atoms with E-state index >= 15 is 0 Å². The first-order valence-corrected chi connectivity index (χ1v) is 8.64. The summed E-state index contributed by atoms with van der Waals surface area (Å²) in [5.74, 6) is 1.59. The Bertz CT molecular complexity index is 508. The quantitative estimate of drug-likeness (QED) is 0.733. The summed E-state index contributed by atoms with van der Waals surface area (Å²) in [6.07, 6.45) is 8.60. The maximum atomic E-state index is 5.92. The van der Waals surface area contributed by atoms with Crippen LogP contribution in [0.5, 0.6) is 5.75 Å². The molecule has 1 aromatic rings. The molecule has 1 heterocycles. The van der Waals surface area contributed by atoms with Gasteiger partial charge in [-0.05, 0) is 50.1 Å². The number of nitrogens with zero attached hydrogens (tertiary/aromatic N) is 1. The number of rotatable bonds is 6. The van der Waals surface area contributed by atoms with Crippen LogP contribution in [-0.4, -0.2) is 24.6 Å². The maximum Gasteiger partial charge on any atom is 0.119 e. The van der Waals surface area contributed by atoms with E-state index in [1.165, 1.54) is 24.8 Å². The minimum atomic E-state index is 0.138. The van der Waals surface area contributed by atoms with Gasteiger partial charge < -0.3 is 9.64 Å². The molecule has 0 N–H and O–H groups in total. The van der Waals surface area contributed by atoms with Crippen molar-refractivity contribution in [3.05, 3.63) is 42.1 Å². The van der Waals surface area contributed by atoms with E-state index in [0.29, 0.717) is 5.92 Å². The number of hydrogen-bond acceptors (Lipinski definition) is 2. The Hall–Kier alpha value is -1.44. The Labute approximate surface area is 136 Å². The van der Waals surface area contributed by atoms with Crippen LogP contribution < -0.4 is 4.74 Å². The molecule has 2 unspecified atom stereocenters. The molecule has 1 aliphatic rings. The summed E-state index contributed by atoms with van der Waals surface area (Å²) in [7, 11) is 2.16. The molecule has 0 fully saturated rings. The highest BCUT2D eigenvalue weighted by atomic mass is 16.5. The lowest BCUT2D eigenvalue weighted by Gasteiger charge is -2.43. The van der Waals surface area contributed by atoms with E-state index < -0.39 is 0 Å². The van der Waals surface area contributed by atoms with E-state index in [2.05, 4.69) is 76.2 Å². The third kappa shape index (κ3) is 3.66. The summed E-state index contributed by atoms with van der Waals surface area (Å²) in [6, 6.07) is 8.73. The van der Waals surface area contributed by atoms with Gasteiger partial charge in [0.25, 0.3) is 0 Å². The molecule has 0 amide bonds. The molecule has 2 rings (SSSR count). The van der Waals surface area contributed by atoms with Crippen LogP contribution in [0, 0.1) is 5.92 Å². The Morgan fingerprint density at radius 3 is 2.77 bits per heavy atom. The van der Waals surface area contributed by atoms with Gasteiger partial charge in [0.15, 0.2) is 0 Å². The van der Waals surface area contributed by atoms with Crippen molar-refractivity contribution in [2.45, 2.75) is 58.5 Å². The second kappa shape index (κ2) is 7.21. The van der Waals surface area contributed by atoms with Crippen molar-refractivity contribution in [1.82, 2.24) is 4.90 Å². The standard InChI is InChI=1S/C20H31NO/c1-6-7-11-20(12-13-21(5)15-17(20)4)18-9-8-10-19(14-18)22-16(2)3/h8-10,12-14,16-17H,6-7,11,15H2,1-5H3. The van der Waals surface area contributed by atoms with Gasteiger partial charge in [-0.15, -0.1) is 0 Å². The average molecular weight is 301 g/mol. The highest BCUT2D eigenvalue weighted by molar-refractivity contribution is 5.39. The van der Waals surface area contributed by atoms with Gasteiger partial charge in [-0.25, -0.2) is 0 Å². The molecular weight excluding hydrogens is 270 g/mol. The molecular formula is C20H31NO. The van der Waals surface area contributed by atoms with E-state index in [0.717, 1.165) is 12.3 Å². The van der Waals surface area contributed by atoms with Gasteiger partial charge >= 0.3 is 0 Å². The van der Waals surface area contributed by atoms with Gasteiger partial charge in [-0.3, -0.25) is 0 Å². The lowest BCUT2D eigenvalue weighted by Crippen LogP contribution is -2.41. The monoisotopic (exact) mass is 301 g/mol. The first-order chi connectivity index (χ1) is 10.5. The largest absolute Gasteiger partial charge is 0.491 e. The summed E-state index contributed by atoms with van der Waals surface area (Å²) in [5.41, 5.74) is 1.54. The SMILES string of the molecule is CCCCC1(c2cccc(OC(C)C)c2)C=CN(C)CC1C. The fraction of sp³-hybridized carbons (Fsp3) is 0.600. The molecule has 2 atom stereocenters. The summed E-state index contributed by atoms with van der Waals surface area (Å²) in [5, 5.41) is 0. The highest BCUT2D eigenvalue weighted by Crippen LogP contribution is 2.42. The van der Waals surface area contributed by atoms with Crippen molar-refractivity contribution >= 4 is 0 Å². The Morgan fingerprint density at radius 2 is 2.14 bits per heavy atom. The first kappa shape index (κ1) is 16.9. The van der Waals surface area contributed by atoms with E-state index in [4.69, 9.17) is 4.74 Å². The lowest BCUT2D eigenvalue weighted by molar-refractivity contribution is 0.228. The van der Waals surface area contributed by atoms with Crippen LogP contribution in [0.1, 0.15) is 52.5 Å². The first-order valence-electron chi connectivity index (χ1n) is 8.64. The Morgan fingerprint density at radius 1 is 1.36 bits per heavy atom. The molecule has 0 radical (unpaired) electrons. The van der Waals surface area contributed by atoms with E-state index in [-0.39, 0.29) is 11.5 Å². The average Bonchev–Trinajstić information content (AvgIpc) is 2.46. The van der Waals surface area contributed by atoms with Crippen molar-refractivity contribution in [3.8, 4) is 5.75 Å². The second-order valence-electron chi connectivity index (χ2n) is 6.99. The molecule has 2 nitrogen and oxygen atoms in total. The van der Waals surface area contributed by atoms with Gasteiger partial charge in [-0.2, -0.15) is 0 Å². The molecule has 0 aliphatic carbocycles. The Balaban J connectivity index is 2.39. The van der Waals surface area contributed by atoms with Crippen molar-refractivity contribution in [1.29, 1.82) is 0 Å². The van der Waals surface area contributed by atoms with E-state index in [1.54, 1.807) is 0 Å².